The Morgan fingerprint density at radius 2 is 2.17 bits per heavy atom. The van der Waals surface area contributed by atoms with E-state index in [9.17, 15) is 4.79 Å². The van der Waals surface area contributed by atoms with Crippen LogP contribution in [0.3, 0.4) is 0 Å². The topological polar surface area (TPSA) is 84.1 Å². The minimum Gasteiger partial charge on any atom is -0.399 e. The summed E-state index contributed by atoms with van der Waals surface area (Å²) in [6, 6.07) is 9.50. The lowest BCUT2D eigenvalue weighted by atomic mass is 10.2. The highest BCUT2D eigenvalue weighted by molar-refractivity contribution is 5.78. The number of benzene rings is 1. The standard InChI is InChI=1S/C18H23N5O/c1-13-11-16(20-8-4-10-23-9-3-7-17(23)24)22-18(21-13)14-5-2-6-15(19)12-14/h2,5-6,11-12H,3-4,7-10,19H2,1H3,(H,20,21,22). The van der Waals surface area contributed by atoms with Crippen LogP contribution in [0.2, 0.25) is 0 Å². The lowest BCUT2D eigenvalue weighted by Crippen LogP contribution is -2.27. The maximum Gasteiger partial charge on any atom is 0.222 e. The Bertz CT molecular complexity index is 731. The molecule has 3 rings (SSSR count). The zero-order valence-electron chi connectivity index (χ0n) is 14.0. The number of carbonyl (C=O) groups excluding carboxylic acids is 1. The van der Waals surface area contributed by atoms with E-state index in [2.05, 4.69) is 15.3 Å². The summed E-state index contributed by atoms with van der Waals surface area (Å²) < 4.78 is 0. The Balaban J connectivity index is 1.60. The number of aromatic nitrogens is 2. The zero-order chi connectivity index (χ0) is 16.9. The normalized spacial score (nSPS) is 14.2. The molecule has 0 spiro atoms. The first-order chi connectivity index (χ1) is 11.6. The summed E-state index contributed by atoms with van der Waals surface area (Å²) >= 11 is 0. The van der Waals surface area contributed by atoms with Crippen LogP contribution in [0, 0.1) is 6.92 Å². The Labute approximate surface area is 142 Å². The van der Waals surface area contributed by atoms with E-state index in [0.29, 0.717) is 17.9 Å². The van der Waals surface area contributed by atoms with Gasteiger partial charge in [0, 0.05) is 49.1 Å². The Hall–Kier alpha value is -2.63. The number of nitrogens with one attached hydrogen (secondary N) is 1. The quantitative estimate of drug-likeness (QED) is 0.629. The van der Waals surface area contributed by atoms with Crippen LogP contribution >= 0.6 is 0 Å². The highest BCUT2D eigenvalue weighted by Gasteiger charge is 2.18. The third-order valence-electron chi connectivity index (χ3n) is 4.08. The van der Waals surface area contributed by atoms with Gasteiger partial charge in [0.25, 0.3) is 0 Å². The number of carbonyl (C=O) groups is 1. The first kappa shape index (κ1) is 16.2. The number of nitrogens with zero attached hydrogens (tertiary/aromatic N) is 3. The van der Waals surface area contributed by atoms with E-state index in [1.807, 2.05) is 42.2 Å². The number of hydrogen-bond donors (Lipinski definition) is 2. The van der Waals surface area contributed by atoms with Gasteiger partial charge in [-0.15, -0.1) is 0 Å². The third-order valence-corrected chi connectivity index (χ3v) is 4.08. The molecule has 2 aromatic rings. The van der Waals surface area contributed by atoms with Crippen molar-refractivity contribution in [3.05, 3.63) is 36.0 Å². The number of rotatable bonds is 6. The number of nitrogen functional groups attached to an aromatic ring is 1. The van der Waals surface area contributed by atoms with E-state index < -0.39 is 0 Å². The lowest BCUT2D eigenvalue weighted by Gasteiger charge is -2.15. The van der Waals surface area contributed by atoms with Crippen LogP contribution in [0.4, 0.5) is 11.5 Å². The van der Waals surface area contributed by atoms with Gasteiger partial charge in [-0.1, -0.05) is 12.1 Å². The maximum absolute atomic E-state index is 11.6. The van der Waals surface area contributed by atoms with Crippen LogP contribution in [0.25, 0.3) is 11.4 Å². The van der Waals surface area contributed by atoms with Gasteiger partial charge in [0.2, 0.25) is 5.91 Å². The molecule has 0 atom stereocenters. The number of nitrogens with two attached hydrogens (primary N) is 1. The molecular weight excluding hydrogens is 302 g/mol. The third kappa shape index (κ3) is 4.01. The number of likely N-dealkylation sites (tertiary alicyclic amines) is 1. The Morgan fingerprint density at radius 1 is 1.29 bits per heavy atom. The minimum atomic E-state index is 0.275. The van der Waals surface area contributed by atoms with Crippen molar-refractivity contribution in [3.8, 4) is 11.4 Å². The van der Waals surface area contributed by atoms with Crippen LogP contribution in [-0.4, -0.2) is 40.4 Å². The van der Waals surface area contributed by atoms with E-state index in [4.69, 9.17) is 5.73 Å². The molecule has 0 unspecified atom stereocenters. The maximum atomic E-state index is 11.6. The molecule has 3 N–H and O–H groups in total. The van der Waals surface area contributed by atoms with Crippen molar-refractivity contribution in [1.29, 1.82) is 0 Å². The zero-order valence-corrected chi connectivity index (χ0v) is 14.0. The monoisotopic (exact) mass is 325 g/mol. The summed E-state index contributed by atoms with van der Waals surface area (Å²) in [5.74, 6) is 1.74. The fraction of sp³-hybridized carbons (Fsp3) is 0.389. The van der Waals surface area contributed by atoms with Crippen LogP contribution < -0.4 is 11.1 Å². The summed E-state index contributed by atoms with van der Waals surface area (Å²) in [5, 5.41) is 3.33. The minimum absolute atomic E-state index is 0.275. The fourth-order valence-electron chi connectivity index (χ4n) is 2.89. The van der Waals surface area contributed by atoms with Gasteiger partial charge in [-0.25, -0.2) is 9.97 Å². The number of amides is 1. The average Bonchev–Trinajstić information content (AvgIpc) is 2.96. The first-order valence-electron chi connectivity index (χ1n) is 8.35. The summed E-state index contributed by atoms with van der Waals surface area (Å²) in [5.41, 5.74) is 8.34. The number of aryl methyl sites for hydroxylation is 1. The molecule has 1 aromatic carbocycles. The molecule has 0 aliphatic carbocycles. The summed E-state index contributed by atoms with van der Waals surface area (Å²) in [6.07, 6.45) is 2.59. The van der Waals surface area contributed by atoms with E-state index in [1.54, 1.807) is 0 Å². The van der Waals surface area contributed by atoms with Crippen molar-refractivity contribution < 1.29 is 4.79 Å². The molecule has 0 saturated carbocycles. The van der Waals surface area contributed by atoms with Crippen LogP contribution in [0.1, 0.15) is 25.0 Å². The molecule has 1 saturated heterocycles. The van der Waals surface area contributed by atoms with Gasteiger partial charge >= 0.3 is 0 Å². The van der Waals surface area contributed by atoms with Gasteiger partial charge in [-0.3, -0.25) is 4.79 Å². The molecule has 126 valence electrons. The van der Waals surface area contributed by atoms with Crippen molar-refractivity contribution in [3.63, 3.8) is 0 Å². The van der Waals surface area contributed by atoms with Gasteiger partial charge in [0.05, 0.1) is 0 Å². The van der Waals surface area contributed by atoms with E-state index in [-0.39, 0.29) is 5.91 Å². The molecule has 6 nitrogen and oxygen atoms in total. The summed E-state index contributed by atoms with van der Waals surface area (Å²) in [7, 11) is 0. The number of hydrogen-bond acceptors (Lipinski definition) is 5. The molecule has 1 amide bonds. The van der Waals surface area contributed by atoms with E-state index in [0.717, 1.165) is 49.6 Å². The molecule has 2 heterocycles. The second kappa shape index (κ2) is 7.29. The lowest BCUT2D eigenvalue weighted by molar-refractivity contribution is -0.127. The predicted octanol–water partition coefficient (Wildman–Crippen LogP) is 2.46. The first-order valence-corrected chi connectivity index (χ1v) is 8.35. The Morgan fingerprint density at radius 3 is 2.92 bits per heavy atom. The molecule has 0 bridgehead atoms. The summed E-state index contributed by atoms with van der Waals surface area (Å²) in [4.78, 5) is 22.6. The van der Waals surface area contributed by atoms with Crippen molar-refractivity contribution in [2.45, 2.75) is 26.2 Å². The van der Waals surface area contributed by atoms with Crippen LogP contribution in [-0.2, 0) is 4.79 Å². The molecule has 0 radical (unpaired) electrons. The summed E-state index contributed by atoms with van der Waals surface area (Å²) in [6.45, 7) is 4.42. The molecule has 6 heteroatoms. The van der Waals surface area contributed by atoms with Gasteiger partial charge in [-0.05, 0) is 31.9 Å². The highest BCUT2D eigenvalue weighted by Crippen LogP contribution is 2.20. The second-order valence-electron chi connectivity index (χ2n) is 6.11. The van der Waals surface area contributed by atoms with Crippen LogP contribution in [0.5, 0.6) is 0 Å². The highest BCUT2D eigenvalue weighted by atomic mass is 16.2. The molecule has 1 aromatic heterocycles. The largest absolute Gasteiger partial charge is 0.399 e. The predicted molar refractivity (Wildman–Crippen MR) is 95.5 cm³/mol. The van der Waals surface area contributed by atoms with Crippen molar-refractivity contribution in [2.24, 2.45) is 0 Å². The van der Waals surface area contributed by atoms with E-state index >= 15 is 0 Å². The molecule has 24 heavy (non-hydrogen) atoms. The average molecular weight is 325 g/mol. The number of anilines is 2. The Kier molecular flexibility index (Phi) is 4.93. The fourth-order valence-corrected chi connectivity index (χ4v) is 2.89. The molecule has 1 aliphatic heterocycles. The SMILES string of the molecule is Cc1cc(NCCCN2CCCC2=O)nc(-c2cccc(N)c2)n1. The second-order valence-corrected chi connectivity index (χ2v) is 6.11. The van der Waals surface area contributed by atoms with Crippen molar-refractivity contribution in [2.75, 3.05) is 30.7 Å². The van der Waals surface area contributed by atoms with Crippen LogP contribution in [0.15, 0.2) is 30.3 Å². The van der Waals surface area contributed by atoms with Crippen molar-refractivity contribution >= 4 is 17.4 Å². The van der Waals surface area contributed by atoms with Gasteiger partial charge in [-0.2, -0.15) is 0 Å². The van der Waals surface area contributed by atoms with Gasteiger partial charge in [0.15, 0.2) is 5.82 Å². The van der Waals surface area contributed by atoms with E-state index in [1.165, 1.54) is 0 Å². The smallest absolute Gasteiger partial charge is 0.222 e. The molecular formula is C18H23N5O. The van der Waals surface area contributed by atoms with Gasteiger partial charge in [0.1, 0.15) is 5.82 Å². The van der Waals surface area contributed by atoms with Gasteiger partial charge < -0.3 is 16.0 Å². The molecule has 1 fully saturated rings. The van der Waals surface area contributed by atoms with Crippen molar-refractivity contribution in [1.82, 2.24) is 14.9 Å². The molecule has 1 aliphatic rings.